The molecule has 8 heteroatoms. The lowest BCUT2D eigenvalue weighted by atomic mass is 10.3. The first-order chi connectivity index (χ1) is 13.5. The molecule has 0 aliphatic rings. The summed E-state index contributed by atoms with van der Waals surface area (Å²) in [5.74, 6) is -0.652. The number of fused-ring (bicyclic) bond motifs is 1. The van der Waals surface area contributed by atoms with Gasteiger partial charge in [-0.3, -0.25) is 9.59 Å². The first-order valence-electron chi connectivity index (χ1n) is 8.54. The van der Waals surface area contributed by atoms with Crippen molar-refractivity contribution in [3.63, 3.8) is 0 Å². The van der Waals surface area contributed by atoms with E-state index in [0.29, 0.717) is 22.3 Å². The van der Waals surface area contributed by atoms with Crippen LogP contribution in [0.3, 0.4) is 0 Å². The number of thiazole rings is 1. The molecule has 0 aliphatic carbocycles. The van der Waals surface area contributed by atoms with Gasteiger partial charge in [0.15, 0.2) is 0 Å². The van der Waals surface area contributed by atoms with Crippen LogP contribution in [-0.4, -0.2) is 34.8 Å². The summed E-state index contributed by atoms with van der Waals surface area (Å²) in [6.45, 7) is 2.08. The van der Waals surface area contributed by atoms with Crippen LogP contribution >= 0.6 is 34.5 Å². The maximum Gasteiger partial charge on any atom is 0.247 e. The fourth-order valence-electron chi connectivity index (χ4n) is 2.52. The van der Waals surface area contributed by atoms with E-state index < -0.39 is 0 Å². The monoisotopic (exact) mass is 433 g/mol. The van der Waals surface area contributed by atoms with Crippen LogP contribution in [0.25, 0.3) is 16.3 Å². The Labute approximate surface area is 176 Å². The topological polar surface area (TPSA) is 62.3 Å². The molecule has 0 radical (unpaired) electrons. The number of carbonyl (C=O) groups excluding carboxylic acids is 2. The van der Waals surface area contributed by atoms with Crippen LogP contribution in [0.2, 0.25) is 10.0 Å². The van der Waals surface area contributed by atoms with Crippen LogP contribution in [0.15, 0.2) is 48.5 Å². The number of carbonyl (C=O) groups is 2. The van der Waals surface area contributed by atoms with Gasteiger partial charge in [-0.05, 0) is 37.3 Å². The largest absolute Gasteiger partial charge is 0.330 e. The fraction of sp³-hybridized carbons (Fsp3) is 0.150. The van der Waals surface area contributed by atoms with Crippen molar-refractivity contribution in [2.24, 2.45) is 0 Å². The summed E-state index contributed by atoms with van der Waals surface area (Å²) in [6.07, 6.45) is 3.09. The molecule has 0 bridgehead atoms. The van der Waals surface area contributed by atoms with Gasteiger partial charge in [-0.25, -0.2) is 4.98 Å². The molecule has 0 spiro atoms. The van der Waals surface area contributed by atoms with Crippen LogP contribution in [0.5, 0.6) is 0 Å². The lowest BCUT2D eigenvalue weighted by Crippen LogP contribution is -2.37. The van der Waals surface area contributed by atoms with E-state index in [1.54, 1.807) is 31.2 Å². The van der Waals surface area contributed by atoms with Crippen molar-refractivity contribution in [3.8, 4) is 0 Å². The Kier molecular flexibility index (Phi) is 6.67. The second kappa shape index (κ2) is 9.19. The highest BCUT2D eigenvalue weighted by Gasteiger charge is 2.16. The summed E-state index contributed by atoms with van der Waals surface area (Å²) in [5.41, 5.74) is 1.23. The van der Waals surface area contributed by atoms with Crippen LogP contribution in [0.4, 0.5) is 5.69 Å². The predicted molar refractivity (Wildman–Crippen MR) is 116 cm³/mol. The molecule has 2 aromatic carbocycles. The number of nitrogens with zero attached hydrogens (tertiary/aromatic N) is 2. The molecule has 2 amide bonds. The van der Waals surface area contributed by atoms with Crippen molar-refractivity contribution < 1.29 is 9.59 Å². The lowest BCUT2D eigenvalue weighted by Gasteiger charge is -2.19. The minimum absolute atomic E-state index is 0.110. The second-order valence-electron chi connectivity index (χ2n) is 5.85. The van der Waals surface area contributed by atoms with Crippen molar-refractivity contribution in [3.05, 3.63) is 63.6 Å². The van der Waals surface area contributed by atoms with Crippen molar-refractivity contribution >= 4 is 68.3 Å². The van der Waals surface area contributed by atoms with Gasteiger partial charge in [0.25, 0.3) is 0 Å². The van der Waals surface area contributed by atoms with E-state index >= 15 is 0 Å². The summed E-state index contributed by atoms with van der Waals surface area (Å²) in [5, 5.41) is 4.07. The molecule has 0 atom stereocenters. The van der Waals surface area contributed by atoms with E-state index in [-0.39, 0.29) is 18.4 Å². The number of para-hydroxylation sites is 2. The average Bonchev–Trinajstić information content (AvgIpc) is 3.10. The van der Waals surface area contributed by atoms with E-state index in [2.05, 4.69) is 10.3 Å². The number of anilines is 1. The van der Waals surface area contributed by atoms with Gasteiger partial charge in [0.1, 0.15) is 11.6 Å². The molecule has 1 heterocycles. The summed E-state index contributed by atoms with van der Waals surface area (Å²) in [4.78, 5) is 30.7. The number of likely N-dealkylation sites (N-methyl/N-ethyl adjacent to an activating group) is 1. The molecule has 1 N–H and O–H groups in total. The third kappa shape index (κ3) is 4.90. The van der Waals surface area contributed by atoms with Crippen LogP contribution in [-0.2, 0) is 9.59 Å². The smallest absolute Gasteiger partial charge is 0.247 e. The normalized spacial score (nSPS) is 11.1. The van der Waals surface area contributed by atoms with E-state index in [0.717, 1.165) is 15.2 Å². The zero-order chi connectivity index (χ0) is 20.1. The molecule has 28 heavy (non-hydrogen) atoms. The molecule has 5 nitrogen and oxygen atoms in total. The number of rotatable bonds is 6. The van der Waals surface area contributed by atoms with Crippen molar-refractivity contribution in [1.82, 2.24) is 9.88 Å². The van der Waals surface area contributed by atoms with Gasteiger partial charge in [0.2, 0.25) is 11.8 Å². The fourth-order valence-corrected chi connectivity index (χ4v) is 3.89. The Morgan fingerprint density at radius 2 is 1.86 bits per heavy atom. The zero-order valence-corrected chi connectivity index (χ0v) is 17.3. The first kappa shape index (κ1) is 20.3. The van der Waals surface area contributed by atoms with Crippen molar-refractivity contribution in [2.75, 3.05) is 18.4 Å². The number of hydrogen-bond acceptors (Lipinski definition) is 4. The first-order valence-corrected chi connectivity index (χ1v) is 10.1. The summed E-state index contributed by atoms with van der Waals surface area (Å²) < 4.78 is 1.05. The molecular weight excluding hydrogens is 417 g/mol. The Hall–Kier alpha value is -2.41. The summed E-state index contributed by atoms with van der Waals surface area (Å²) in [6, 6.07) is 12.7. The average molecular weight is 434 g/mol. The van der Waals surface area contributed by atoms with Gasteiger partial charge in [0, 0.05) is 12.6 Å². The number of halogens is 2. The number of nitrogens with one attached hydrogen (secondary N) is 1. The van der Waals surface area contributed by atoms with E-state index in [1.807, 2.05) is 24.3 Å². The summed E-state index contributed by atoms with van der Waals surface area (Å²) >= 11 is 13.6. The summed E-state index contributed by atoms with van der Waals surface area (Å²) in [7, 11) is 0. The van der Waals surface area contributed by atoms with Gasteiger partial charge < -0.3 is 10.2 Å². The molecule has 0 fully saturated rings. The predicted octanol–water partition coefficient (Wildman–Crippen LogP) is 5.10. The van der Waals surface area contributed by atoms with E-state index in [4.69, 9.17) is 23.2 Å². The molecular formula is C20H17Cl2N3O2S. The Morgan fingerprint density at radius 1 is 1.14 bits per heavy atom. The molecule has 0 saturated carbocycles. The third-order valence-corrected chi connectivity index (χ3v) is 5.57. The van der Waals surface area contributed by atoms with Crippen molar-refractivity contribution in [2.45, 2.75) is 6.92 Å². The lowest BCUT2D eigenvalue weighted by molar-refractivity contribution is -0.130. The Balaban J connectivity index is 1.65. The highest BCUT2D eigenvalue weighted by Crippen LogP contribution is 2.29. The molecule has 3 aromatic rings. The molecule has 1 aromatic heterocycles. The second-order valence-corrected chi connectivity index (χ2v) is 7.73. The molecule has 0 aliphatic heterocycles. The Bertz CT molecular complexity index is 996. The quantitative estimate of drug-likeness (QED) is 0.549. The maximum atomic E-state index is 12.5. The van der Waals surface area contributed by atoms with Crippen LogP contribution in [0, 0.1) is 0 Å². The van der Waals surface area contributed by atoms with Gasteiger partial charge >= 0.3 is 0 Å². The molecule has 0 saturated heterocycles. The number of hydrogen-bond donors (Lipinski definition) is 1. The highest BCUT2D eigenvalue weighted by molar-refractivity contribution is 7.19. The molecule has 144 valence electrons. The molecule has 0 unspecified atom stereocenters. The highest BCUT2D eigenvalue weighted by atomic mass is 35.5. The van der Waals surface area contributed by atoms with Crippen LogP contribution < -0.4 is 5.32 Å². The van der Waals surface area contributed by atoms with Gasteiger partial charge in [0.05, 0.1) is 25.9 Å². The van der Waals surface area contributed by atoms with Gasteiger partial charge in [-0.2, -0.15) is 0 Å². The maximum absolute atomic E-state index is 12.5. The van der Waals surface area contributed by atoms with Crippen molar-refractivity contribution in [1.29, 1.82) is 0 Å². The van der Waals surface area contributed by atoms with Gasteiger partial charge in [-0.15, -0.1) is 11.3 Å². The van der Waals surface area contributed by atoms with Gasteiger partial charge in [-0.1, -0.05) is 41.4 Å². The number of aromatic nitrogens is 1. The standard InChI is InChI=1S/C20H17Cl2N3O2S/c1-2-25(12-17(26)24-20-13(21)6-5-7-14(20)22)19(27)11-10-18-23-15-8-3-4-9-16(15)28-18/h3-11H,2,12H2,1H3,(H,24,26)/b11-10+. The minimum atomic E-state index is -0.376. The minimum Gasteiger partial charge on any atom is -0.330 e. The van der Waals surface area contributed by atoms with E-state index in [9.17, 15) is 9.59 Å². The molecule has 3 rings (SSSR count). The Morgan fingerprint density at radius 3 is 2.54 bits per heavy atom. The SMILES string of the molecule is CCN(CC(=O)Nc1c(Cl)cccc1Cl)C(=O)/C=C/c1nc2ccccc2s1. The zero-order valence-electron chi connectivity index (χ0n) is 15.0. The third-order valence-electron chi connectivity index (χ3n) is 3.93. The van der Waals surface area contributed by atoms with Crippen LogP contribution in [0.1, 0.15) is 11.9 Å². The number of amides is 2. The number of benzene rings is 2. The van der Waals surface area contributed by atoms with E-state index in [1.165, 1.54) is 22.3 Å².